The van der Waals surface area contributed by atoms with Crippen LogP contribution in [-0.4, -0.2) is 29.1 Å². The molecule has 0 bridgehead atoms. The van der Waals surface area contributed by atoms with Crippen molar-refractivity contribution in [2.75, 3.05) is 13.2 Å². The van der Waals surface area contributed by atoms with Crippen LogP contribution in [0.4, 0.5) is 0 Å². The van der Waals surface area contributed by atoms with E-state index < -0.39 is 0 Å². The lowest BCUT2D eigenvalue weighted by Gasteiger charge is -2.35. The van der Waals surface area contributed by atoms with Crippen LogP contribution in [0.15, 0.2) is 54.6 Å². The highest BCUT2D eigenvalue weighted by Crippen LogP contribution is 2.39. The van der Waals surface area contributed by atoms with Gasteiger partial charge in [-0.15, -0.1) is 0 Å². The SMILES string of the molecule is CCCOC(c1ccc(O)cc1)C(c1ccccc1)N1CCCC1=O. The highest BCUT2D eigenvalue weighted by Gasteiger charge is 2.36. The fourth-order valence-corrected chi connectivity index (χ4v) is 3.41. The summed E-state index contributed by atoms with van der Waals surface area (Å²) < 4.78 is 6.22. The van der Waals surface area contributed by atoms with Gasteiger partial charge in [0.1, 0.15) is 11.9 Å². The minimum Gasteiger partial charge on any atom is -0.508 e. The van der Waals surface area contributed by atoms with Gasteiger partial charge in [0, 0.05) is 19.6 Å². The number of likely N-dealkylation sites (tertiary alicyclic amines) is 1. The molecule has 2 atom stereocenters. The summed E-state index contributed by atoms with van der Waals surface area (Å²) in [4.78, 5) is 14.4. The maximum atomic E-state index is 12.5. The topological polar surface area (TPSA) is 49.8 Å². The standard InChI is InChI=1S/C21H25NO3/c1-2-15-25-21(17-10-12-18(23)13-11-17)20(16-7-4-3-5-8-16)22-14-6-9-19(22)24/h3-5,7-8,10-13,20-21,23H,2,6,9,14-15H2,1H3. The number of rotatable bonds is 7. The van der Waals surface area contributed by atoms with E-state index in [1.807, 2.05) is 35.2 Å². The predicted molar refractivity (Wildman–Crippen MR) is 97.2 cm³/mol. The van der Waals surface area contributed by atoms with Gasteiger partial charge in [-0.1, -0.05) is 49.4 Å². The Morgan fingerprint density at radius 1 is 1.08 bits per heavy atom. The molecular formula is C21H25NO3. The predicted octanol–water partition coefficient (Wildman–Crippen LogP) is 4.22. The first-order valence-corrected chi connectivity index (χ1v) is 8.95. The molecule has 1 aliphatic heterocycles. The molecule has 0 saturated carbocycles. The number of carbonyl (C=O) groups excluding carboxylic acids is 1. The fraction of sp³-hybridized carbons (Fsp3) is 0.381. The molecule has 1 fully saturated rings. The van der Waals surface area contributed by atoms with Crippen molar-refractivity contribution >= 4 is 5.91 Å². The highest BCUT2D eigenvalue weighted by molar-refractivity contribution is 5.78. The number of nitrogens with zero attached hydrogens (tertiary/aromatic N) is 1. The average Bonchev–Trinajstić information content (AvgIpc) is 3.06. The molecule has 3 rings (SSSR count). The number of phenolic OH excluding ortho intramolecular Hbond substituents is 1. The van der Waals surface area contributed by atoms with Crippen molar-refractivity contribution in [3.05, 3.63) is 65.7 Å². The van der Waals surface area contributed by atoms with Crippen molar-refractivity contribution in [3.63, 3.8) is 0 Å². The van der Waals surface area contributed by atoms with Crippen LogP contribution >= 0.6 is 0 Å². The second kappa shape index (κ2) is 8.17. The Kier molecular flexibility index (Phi) is 5.71. The van der Waals surface area contributed by atoms with Crippen LogP contribution in [0, 0.1) is 0 Å². The maximum absolute atomic E-state index is 12.5. The normalized spacial score (nSPS) is 16.8. The Morgan fingerprint density at radius 3 is 2.40 bits per heavy atom. The van der Waals surface area contributed by atoms with Gasteiger partial charge < -0.3 is 14.7 Å². The number of carbonyl (C=O) groups is 1. The molecule has 4 heteroatoms. The number of hydrogen-bond acceptors (Lipinski definition) is 3. The van der Waals surface area contributed by atoms with Gasteiger partial charge in [0.05, 0.1) is 6.04 Å². The lowest BCUT2D eigenvalue weighted by atomic mass is 9.94. The molecule has 1 aliphatic rings. The van der Waals surface area contributed by atoms with Gasteiger partial charge in [-0.25, -0.2) is 0 Å². The molecule has 0 spiro atoms. The lowest BCUT2D eigenvalue weighted by molar-refractivity contribution is -0.133. The van der Waals surface area contributed by atoms with Crippen LogP contribution in [0.2, 0.25) is 0 Å². The molecular weight excluding hydrogens is 314 g/mol. The Bertz CT molecular complexity index is 684. The molecule has 0 aromatic heterocycles. The molecule has 4 nitrogen and oxygen atoms in total. The maximum Gasteiger partial charge on any atom is 0.223 e. The molecule has 2 aromatic rings. The summed E-state index contributed by atoms with van der Waals surface area (Å²) in [7, 11) is 0. The Balaban J connectivity index is 2.02. The molecule has 0 radical (unpaired) electrons. The van der Waals surface area contributed by atoms with Gasteiger partial charge in [-0.05, 0) is 36.1 Å². The summed E-state index contributed by atoms with van der Waals surface area (Å²) in [5, 5.41) is 9.62. The van der Waals surface area contributed by atoms with Crippen molar-refractivity contribution < 1.29 is 14.6 Å². The van der Waals surface area contributed by atoms with Gasteiger partial charge in [0.2, 0.25) is 5.91 Å². The second-order valence-corrected chi connectivity index (χ2v) is 6.43. The van der Waals surface area contributed by atoms with E-state index >= 15 is 0 Å². The molecule has 1 N–H and O–H groups in total. The van der Waals surface area contributed by atoms with Crippen molar-refractivity contribution in [2.24, 2.45) is 0 Å². The van der Waals surface area contributed by atoms with Crippen molar-refractivity contribution in [1.82, 2.24) is 4.90 Å². The summed E-state index contributed by atoms with van der Waals surface area (Å²) in [5.41, 5.74) is 2.05. The molecule has 132 valence electrons. The number of aromatic hydroxyl groups is 1. The quantitative estimate of drug-likeness (QED) is 0.821. The van der Waals surface area contributed by atoms with E-state index in [4.69, 9.17) is 4.74 Å². The molecule has 0 aliphatic carbocycles. The van der Waals surface area contributed by atoms with Gasteiger partial charge >= 0.3 is 0 Å². The summed E-state index contributed by atoms with van der Waals surface area (Å²) in [6, 6.07) is 17.0. The van der Waals surface area contributed by atoms with Crippen LogP contribution in [0.25, 0.3) is 0 Å². The number of phenols is 1. The first kappa shape index (κ1) is 17.5. The number of amides is 1. The third-order valence-electron chi connectivity index (χ3n) is 4.60. The Hall–Kier alpha value is -2.33. The third kappa shape index (κ3) is 4.02. The van der Waals surface area contributed by atoms with Crippen LogP contribution in [0.5, 0.6) is 5.75 Å². The molecule has 2 unspecified atom stereocenters. The van der Waals surface area contributed by atoms with Crippen LogP contribution in [0.3, 0.4) is 0 Å². The summed E-state index contributed by atoms with van der Waals surface area (Å²) in [6.07, 6.45) is 2.13. The van der Waals surface area contributed by atoms with Gasteiger partial charge in [-0.2, -0.15) is 0 Å². The smallest absolute Gasteiger partial charge is 0.223 e. The third-order valence-corrected chi connectivity index (χ3v) is 4.60. The van der Waals surface area contributed by atoms with E-state index in [1.165, 1.54) is 0 Å². The van der Waals surface area contributed by atoms with Crippen molar-refractivity contribution in [2.45, 2.75) is 38.3 Å². The molecule has 2 aromatic carbocycles. The van der Waals surface area contributed by atoms with Crippen LogP contribution in [-0.2, 0) is 9.53 Å². The summed E-state index contributed by atoms with van der Waals surface area (Å²) in [6.45, 7) is 3.45. The van der Waals surface area contributed by atoms with Gasteiger partial charge in [0.15, 0.2) is 0 Å². The first-order chi connectivity index (χ1) is 12.2. The molecule has 25 heavy (non-hydrogen) atoms. The molecule has 1 heterocycles. The minimum atomic E-state index is -0.259. The van der Waals surface area contributed by atoms with E-state index in [0.29, 0.717) is 13.0 Å². The largest absolute Gasteiger partial charge is 0.508 e. The Labute approximate surface area is 149 Å². The molecule has 1 saturated heterocycles. The van der Waals surface area contributed by atoms with E-state index in [9.17, 15) is 9.90 Å². The summed E-state index contributed by atoms with van der Waals surface area (Å²) in [5.74, 6) is 0.407. The van der Waals surface area contributed by atoms with Crippen molar-refractivity contribution in [3.8, 4) is 5.75 Å². The summed E-state index contributed by atoms with van der Waals surface area (Å²) >= 11 is 0. The number of hydrogen-bond donors (Lipinski definition) is 1. The zero-order valence-electron chi connectivity index (χ0n) is 14.6. The number of benzene rings is 2. The second-order valence-electron chi connectivity index (χ2n) is 6.43. The van der Waals surface area contributed by atoms with Crippen molar-refractivity contribution in [1.29, 1.82) is 0 Å². The zero-order valence-corrected chi connectivity index (χ0v) is 14.6. The lowest BCUT2D eigenvalue weighted by Crippen LogP contribution is -2.35. The zero-order chi connectivity index (χ0) is 17.6. The Morgan fingerprint density at radius 2 is 1.80 bits per heavy atom. The van der Waals surface area contributed by atoms with E-state index in [1.54, 1.807) is 12.1 Å². The van der Waals surface area contributed by atoms with E-state index in [0.717, 1.165) is 30.5 Å². The van der Waals surface area contributed by atoms with E-state index in [-0.39, 0.29) is 23.8 Å². The van der Waals surface area contributed by atoms with Gasteiger partial charge in [0.25, 0.3) is 0 Å². The average molecular weight is 339 g/mol. The van der Waals surface area contributed by atoms with Crippen LogP contribution < -0.4 is 0 Å². The molecule has 1 amide bonds. The fourth-order valence-electron chi connectivity index (χ4n) is 3.41. The van der Waals surface area contributed by atoms with Gasteiger partial charge in [-0.3, -0.25) is 4.79 Å². The van der Waals surface area contributed by atoms with E-state index in [2.05, 4.69) is 19.1 Å². The first-order valence-electron chi connectivity index (χ1n) is 8.95. The monoisotopic (exact) mass is 339 g/mol. The van der Waals surface area contributed by atoms with Crippen LogP contribution in [0.1, 0.15) is 49.5 Å². The number of ether oxygens (including phenoxy) is 1. The minimum absolute atomic E-state index is 0.160. The highest BCUT2D eigenvalue weighted by atomic mass is 16.5.